The molecular weight excluding hydrogens is 340 g/mol. The topological polar surface area (TPSA) is 75.7 Å². The first-order chi connectivity index (χ1) is 12.0. The van der Waals surface area contributed by atoms with Crippen molar-refractivity contribution in [3.8, 4) is 5.75 Å². The minimum absolute atomic E-state index is 0.00657. The number of ether oxygens (including phenoxy) is 1. The Morgan fingerprint density at radius 3 is 2.68 bits per heavy atom. The van der Waals surface area contributed by atoms with Crippen LogP contribution in [0, 0.1) is 5.92 Å². The summed E-state index contributed by atoms with van der Waals surface area (Å²) < 4.78 is 31.5. The Bertz CT molecular complexity index is 687. The Morgan fingerprint density at radius 2 is 2.00 bits per heavy atom. The lowest BCUT2D eigenvalue weighted by Gasteiger charge is -2.30. The van der Waals surface area contributed by atoms with Gasteiger partial charge in [-0.25, -0.2) is 12.7 Å². The van der Waals surface area contributed by atoms with Crippen molar-refractivity contribution < 1.29 is 17.9 Å². The standard InChI is InChI=1S/C18H26N2O4S/c1-2-11-25(22,23)20-9-7-14(8-10-20)18(21)19-13-16-12-15-5-3-4-6-17(15)24-16/h3-6,14,16H,2,7-13H2,1H3,(H,19,21). The third-order valence-electron chi connectivity index (χ3n) is 4.90. The molecule has 1 saturated heterocycles. The van der Waals surface area contributed by atoms with Gasteiger partial charge in [-0.3, -0.25) is 4.79 Å². The zero-order valence-electron chi connectivity index (χ0n) is 14.6. The highest BCUT2D eigenvalue weighted by molar-refractivity contribution is 7.89. The summed E-state index contributed by atoms with van der Waals surface area (Å²) in [5.41, 5.74) is 1.18. The molecule has 0 spiro atoms. The molecular formula is C18H26N2O4S. The van der Waals surface area contributed by atoms with Crippen LogP contribution in [0.2, 0.25) is 0 Å². The minimum Gasteiger partial charge on any atom is -0.488 e. The number of rotatable bonds is 6. The van der Waals surface area contributed by atoms with Crippen LogP contribution in [-0.4, -0.2) is 50.1 Å². The molecule has 2 aliphatic heterocycles. The molecule has 1 aromatic carbocycles. The zero-order chi connectivity index (χ0) is 17.9. The van der Waals surface area contributed by atoms with Gasteiger partial charge in [-0.05, 0) is 30.9 Å². The Morgan fingerprint density at radius 1 is 1.28 bits per heavy atom. The van der Waals surface area contributed by atoms with Gasteiger partial charge in [-0.2, -0.15) is 0 Å². The Labute approximate surface area is 149 Å². The molecule has 1 aromatic rings. The van der Waals surface area contributed by atoms with Crippen molar-refractivity contribution in [2.24, 2.45) is 5.92 Å². The normalized spacial score (nSPS) is 21.6. The average Bonchev–Trinajstić information content (AvgIpc) is 3.02. The summed E-state index contributed by atoms with van der Waals surface area (Å²) in [5, 5.41) is 2.98. The molecule has 0 aromatic heterocycles. The summed E-state index contributed by atoms with van der Waals surface area (Å²) in [6, 6.07) is 7.93. The number of amides is 1. The van der Waals surface area contributed by atoms with Crippen molar-refractivity contribution in [3.05, 3.63) is 29.8 Å². The monoisotopic (exact) mass is 366 g/mol. The maximum atomic E-state index is 12.4. The molecule has 25 heavy (non-hydrogen) atoms. The fourth-order valence-corrected chi connectivity index (χ4v) is 5.05. The number of nitrogens with one attached hydrogen (secondary N) is 1. The van der Waals surface area contributed by atoms with Crippen LogP contribution >= 0.6 is 0 Å². The first-order valence-electron chi connectivity index (χ1n) is 8.99. The van der Waals surface area contributed by atoms with Crippen LogP contribution in [0.3, 0.4) is 0 Å². The number of carbonyl (C=O) groups excluding carboxylic acids is 1. The van der Waals surface area contributed by atoms with Gasteiger partial charge >= 0.3 is 0 Å². The van der Waals surface area contributed by atoms with E-state index in [-0.39, 0.29) is 23.7 Å². The summed E-state index contributed by atoms with van der Waals surface area (Å²) in [4.78, 5) is 12.4. The predicted octanol–water partition coefficient (Wildman–Crippen LogP) is 1.56. The molecule has 2 aliphatic rings. The van der Waals surface area contributed by atoms with Crippen LogP contribution in [0.15, 0.2) is 24.3 Å². The summed E-state index contributed by atoms with van der Waals surface area (Å²) in [6.45, 7) is 3.22. The molecule has 0 bridgehead atoms. The van der Waals surface area contributed by atoms with Crippen LogP contribution in [0.5, 0.6) is 5.75 Å². The number of fused-ring (bicyclic) bond motifs is 1. The van der Waals surface area contributed by atoms with Gasteiger partial charge in [0.05, 0.1) is 12.3 Å². The van der Waals surface area contributed by atoms with E-state index in [1.54, 1.807) is 0 Å². The first-order valence-corrected chi connectivity index (χ1v) is 10.6. The fourth-order valence-electron chi connectivity index (χ4n) is 3.51. The van der Waals surface area contributed by atoms with Gasteiger partial charge in [-0.1, -0.05) is 25.1 Å². The lowest BCUT2D eigenvalue weighted by molar-refractivity contribution is -0.126. The molecule has 138 valence electrons. The number of hydrogen-bond donors (Lipinski definition) is 1. The van der Waals surface area contributed by atoms with Gasteiger partial charge in [0.1, 0.15) is 11.9 Å². The molecule has 1 unspecified atom stereocenters. The summed E-state index contributed by atoms with van der Waals surface area (Å²) in [7, 11) is -3.16. The van der Waals surface area contributed by atoms with Crippen molar-refractivity contribution in [3.63, 3.8) is 0 Å². The van der Waals surface area contributed by atoms with E-state index in [2.05, 4.69) is 5.32 Å². The number of para-hydroxylation sites is 1. The minimum atomic E-state index is -3.16. The zero-order valence-corrected chi connectivity index (χ0v) is 15.4. The van der Waals surface area contributed by atoms with Gasteiger partial charge in [-0.15, -0.1) is 0 Å². The maximum absolute atomic E-state index is 12.4. The molecule has 3 rings (SSSR count). The second kappa shape index (κ2) is 7.74. The second-order valence-corrected chi connectivity index (χ2v) is 8.87. The molecule has 7 heteroatoms. The summed E-state index contributed by atoms with van der Waals surface area (Å²) >= 11 is 0. The number of piperidine rings is 1. The third kappa shape index (κ3) is 4.33. The molecule has 0 saturated carbocycles. The van der Waals surface area contributed by atoms with Gasteiger partial charge in [0.25, 0.3) is 0 Å². The van der Waals surface area contributed by atoms with Crippen LogP contribution in [0.1, 0.15) is 31.7 Å². The summed E-state index contributed by atoms with van der Waals surface area (Å²) in [6.07, 6.45) is 2.57. The van der Waals surface area contributed by atoms with E-state index in [4.69, 9.17) is 4.74 Å². The summed E-state index contributed by atoms with van der Waals surface area (Å²) in [5.74, 6) is 0.976. The van der Waals surface area contributed by atoms with Gasteiger partial charge in [0, 0.05) is 25.4 Å². The maximum Gasteiger partial charge on any atom is 0.223 e. The number of nitrogens with zero attached hydrogens (tertiary/aromatic N) is 1. The second-order valence-electron chi connectivity index (χ2n) is 6.79. The molecule has 1 fully saturated rings. The average molecular weight is 366 g/mol. The molecule has 0 aliphatic carbocycles. The van der Waals surface area contributed by atoms with Gasteiger partial charge in [0.15, 0.2) is 0 Å². The highest BCUT2D eigenvalue weighted by Crippen LogP contribution is 2.28. The van der Waals surface area contributed by atoms with Crippen molar-refractivity contribution in [1.82, 2.24) is 9.62 Å². The highest BCUT2D eigenvalue weighted by atomic mass is 32.2. The van der Waals surface area contributed by atoms with Gasteiger partial charge < -0.3 is 10.1 Å². The number of benzene rings is 1. The van der Waals surface area contributed by atoms with E-state index in [0.717, 1.165) is 12.2 Å². The van der Waals surface area contributed by atoms with Crippen molar-refractivity contribution in [2.45, 2.75) is 38.7 Å². The molecule has 0 radical (unpaired) electrons. The van der Waals surface area contributed by atoms with E-state index in [1.807, 2.05) is 31.2 Å². The van der Waals surface area contributed by atoms with E-state index in [0.29, 0.717) is 38.9 Å². The van der Waals surface area contributed by atoms with Crippen molar-refractivity contribution in [1.29, 1.82) is 0 Å². The number of sulfonamides is 1. The largest absolute Gasteiger partial charge is 0.488 e. The van der Waals surface area contributed by atoms with Crippen LogP contribution in [0.25, 0.3) is 0 Å². The van der Waals surface area contributed by atoms with E-state index in [1.165, 1.54) is 9.87 Å². The smallest absolute Gasteiger partial charge is 0.223 e. The van der Waals surface area contributed by atoms with Crippen LogP contribution < -0.4 is 10.1 Å². The Kier molecular flexibility index (Phi) is 5.64. The van der Waals surface area contributed by atoms with Crippen LogP contribution in [-0.2, 0) is 21.2 Å². The van der Waals surface area contributed by atoms with Crippen LogP contribution in [0.4, 0.5) is 0 Å². The van der Waals surface area contributed by atoms with E-state index >= 15 is 0 Å². The number of hydrogen-bond acceptors (Lipinski definition) is 4. The molecule has 1 N–H and O–H groups in total. The van der Waals surface area contributed by atoms with E-state index in [9.17, 15) is 13.2 Å². The van der Waals surface area contributed by atoms with Crippen molar-refractivity contribution >= 4 is 15.9 Å². The molecule has 1 atom stereocenters. The molecule has 2 heterocycles. The third-order valence-corrected chi connectivity index (χ3v) is 6.97. The number of carbonyl (C=O) groups is 1. The first kappa shape index (κ1) is 18.2. The SMILES string of the molecule is CCCS(=O)(=O)N1CCC(C(=O)NCC2Cc3ccccc3O2)CC1. The Hall–Kier alpha value is -1.60. The highest BCUT2D eigenvalue weighted by Gasteiger charge is 2.31. The lowest BCUT2D eigenvalue weighted by atomic mass is 9.97. The van der Waals surface area contributed by atoms with Gasteiger partial charge in [0.2, 0.25) is 15.9 Å². The van der Waals surface area contributed by atoms with E-state index < -0.39 is 10.0 Å². The molecule has 1 amide bonds. The predicted molar refractivity (Wildman–Crippen MR) is 95.9 cm³/mol. The molecule has 6 nitrogen and oxygen atoms in total. The fraction of sp³-hybridized carbons (Fsp3) is 0.611. The Balaban J connectivity index is 1.43. The quantitative estimate of drug-likeness (QED) is 0.829. The van der Waals surface area contributed by atoms with Crippen molar-refractivity contribution in [2.75, 3.05) is 25.4 Å². The lowest BCUT2D eigenvalue weighted by Crippen LogP contribution is -2.45.